The third-order valence-electron chi connectivity index (χ3n) is 3.94. The van der Waals surface area contributed by atoms with Crippen molar-refractivity contribution in [2.75, 3.05) is 28.4 Å². The molecule has 2 aromatic rings. The van der Waals surface area contributed by atoms with Crippen LogP contribution in [0, 0.1) is 22.7 Å². The van der Waals surface area contributed by atoms with E-state index >= 15 is 0 Å². The van der Waals surface area contributed by atoms with Crippen LogP contribution < -0.4 is 18.9 Å². The molecular weight excluding hydrogens is 340 g/mol. The van der Waals surface area contributed by atoms with Gasteiger partial charge in [-0.3, -0.25) is 4.79 Å². The van der Waals surface area contributed by atoms with Crippen molar-refractivity contribution in [2.45, 2.75) is 0 Å². The van der Waals surface area contributed by atoms with E-state index in [4.69, 9.17) is 18.9 Å². The predicted octanol–water partition coefficient (Wildman–Crippen LogP) is 1.47. The van der Waals surface area contributed by atoms with Crippen molar-refractivity contribution < 1.29 is 23.7 Å². The lowest BCUT2D eigenvalue weighted by Crippen LogP contribution is -2.06. The normalized spacial score (nSPS) is 11.1. The Labute approximate surface area is 148 Å². The lowest BCUT2D eigenvalue weighted by molar-refractivity contribution is 0.103. The van der Waals surface area contributed by atoms with E-state index in [1.165, 1.54) is 28.4 Å². The van der Waals surface area contributed by atoms with Gasteiger partial charge in [0.2, 0.25) is 5.78 Å². The van der Waals surface area contributed by atoms with Crippen molar-refractivity contribution >= 4 is 5.78 Å². The number of nitriles is 2. The molecule has 0 saturated carbocycles. The van der Waals surface area contributed by atoms with Crippen LogP contribution in [-0.2, 0) is 0 Å². The van der Waals surface area contributed by atoms with Crippen LogP contribution in [0.15, 0.2) is 0 Å². The molecule has 1 aromatic heterocycles. The van der Waals surface area contributed by atoms with Gasteiger partial charge in [-0.25, -0.2) is 9.97 Å². The first kappa shape index (κ1) is 17.0. The average molecular weight is 352 g/mol. The Bertz CT molecular complexity index is 1030. The summed E-state index contributed by atoms with van der Waals surface area (Å²) >= 11 is 0. The summed E-state index contributed by atoms with van der Waals surface area (Å²) in [6, 6.07) is 3.82. The Morgan fingerprint density at radius 3 is 1.62 bits per heavy atom. The molecule has 0 amide bonds. The van der Waals surface area contributed by atoms with Gasteiger partial charge in [0.25, 0.3) is 11.8 Å². The van der Waals surface area contributed by atoms with Crippen molar-refractivity contribution in [3.63, 3.8) is 0 Å². The van der Waals surface area contributed by atoms with E-state index in [9.17, 15) is 15.3 Å². The summed E-state index contributed by atoms with van der Waals surface area (Å²) in [5.41, 5.74) is 0.305. The number of hydrogen-bond acceptors (Lipinski definition) is 9. The Balaban J connectivity index is 2.51. The number of carbonyl (C=O) groups is 1. The minimum Gasteiger partial charge on any atom is -0.495 e. The van der Waals surface area contributed by atoms with Gasteiger partial charge in [-0.15, -0.1) is 0 Å². The lowest BCUT2D eigenvalue weighted by atomic mass is 9.96. The summed E-state index contributed by atoms with van der Waals surface area (Å²) in [4.78, 5) is 21.4. The number of carbonyl (C=O) groups excluding carboxylic acids is 1. The van der Waals surface area contributed by atoms with Gasteiger partial charge in [0.15, 0.2) is 0 Å². The van der Waals surface area contributed by atoms with Gasteiger partial charge in [-0.1, -0.05) is 0 Å². The highest BCUT2D eigenvalue weighted by molar-refractivity contribution is 6.23. The quantitative estimate of drug-likeness (QED) is 0.685. The number of rotatable bonds is 4. The fraction of sp³-hybridized carbons (Fsp3) is 0.235. The van der Waals surface area contributed by atoms with Gasteiger partial charge in [0, 0.05) is 0 Å². The Hall–Kier alpha value is -3.85. The van der Waals surface area contributed by atoms with Gasteiger partial charge < -0.3 is 18.9 Å². The molecule has 0 fully saturated rings. The van der Waals surface area contributed by atoms with Crippen LogP contribution in [-0.4, -0.2) is 44.2 Å². The van der Waals surface area contributed by atoms with Gasteiger partial charge in [-0.2, -0.15) is 10.5 Å². The number of methoxy groups -OCH3 is 4. The fourth-order valence-corrected chi connectivity index (χ4v) is 2.89. The monoisotopic (exact) mass is 352 g/mol. The highest BCUT2D eigenvalue weighted by atomic mass is 16.5. The second-order valence-corrected chi connectivity index (χ2v) is 5.06. The minimum atomic E-state index is -0.514. The molecule has 0 N–H and O–H groups in total. The van der Waals surface area contributed by atoms with E-state index in [1.807, 2.05) is 12.1 Å². The molecule has 0 saturated heterocycles. The molecule has 26 heavy (non-hydrogen) atoms. The molecule has 9 heteroatoms. The number of ketones is 1. The standard InChI is InChI=1S/C17H12N4O5/c1-23-14-7(5-18)8(6-19)15(24-2)10-9(14)11-12(13(10)22)21-17(26-4)16(20-11)25-3/h1-4H3. The van der Waals surface area contributed by atoms with Gasteiger partial charge in [0.1, 0.15) is 46.2 Å². The van der Waals surface area contributed by atoms with Crippen LogP contribution in [0.4, 0.5) is 0 Å². The molecule has 0 radical (unpaired) electrons. The van der Waals surface area contributed by atoms with Gasteiger partial charge >= 0.3 is 0 Å². The summed E-state index contributed by atoms with van der Waals surface area (Å²) in [6.07, 6.45) is 0. The maximum absolute atomic E-state index is 12.9. The molecular formula is C17H12N4O5. The molecule has 0 spiro atoms. The zero-order valence-corrected chi connectivity index (χ0v) is 14.3. The van der Waals surface area contributed by atoms with Crippen LogP contribution in [0.2, 0.25) is 0 Å². The smallest absolute Gasteiger partial charge is 0.278 e. The predicted molar refractivity (Wildman–Crippen MR) is 86.5 cm³/mol. The molecule has 0 atom stereocenters. The van der Waals surface area contributed by atoms with E-state index in [0.29, 0.717) is 0 Å². The molecule has 1 aliphatic rings. The largest absolute Gasteiger partial charge is 0.495 e. The molecule has 0 unspecified atom stereocenters. The van der Waals surface area contributed by atoms with Crippen LogP contribution in [0.5, 0.6) is 23.3 Å². The number of nitrogens with zero attached hydrogens (tertiary/aromatic N) is 4. The van der Waals surface area contributed by atoms with Gasteiger partial charge in [0.05, 0.1) is 39.6 Å². The van der Waals surface area contributed by atoms with Crippen molar-refractivity contribution in [3.05, 3.63) is 22.4 Å². The molecule has 0 aliphatic heterocycles. The van der Waals surface area contributed by atoms with Crippen molar-refractivity contribution in [3.8, 4) is 46.7 Å². The first-order valence-electron chi connectivity index (χ1n) is 7.25. The Morgan fingerprint density at radius 2 is 1.19 bits per heavy atom. The number of aromatic nitrogens is 2. The Kier molecular flexibility index (Phi) is 4.07. The second kappa shape index (κ2) is 6.22. The zero-order valence-electron chi connectivity index (χ0n) is 14.3. The lowest BCUT2D eigenvalue weighted by Gasteiger charge is -2.14. The highest BCUT2D eigenvalue weighted by Crippen LogP contribution is 2.50. The summed E-state index contributed by atoms with van der Waals surface area (Å²) < 4.78 is 20.8. The minimum absolute atomic E-state index is 0.00627. The van der Waals surface area contributed by atoms with E-state index in [1.54, 1.807) is 0 Å². The molecule has 1 aliphatic carbocycles. The molecule has 130 valence electrons. The third-order valence-corrected chi connectivity index (χ3v) is 3.94. The topological polar surface area (TPSA) is 127 Å². The fourth-order valence-electron chi connectivity index (χ4n) is 2.89. The average Bonchev–Trinajstić information content (AvgIpc) is 2.96. The zero-order chi connectivity index (χ0) is 19.0. The highest BCUT2D eigenvalue weighted by Gasteiger charge is 2.40. The van der Waals surface area contributed by atoms with Crippen molar-refractivity contribution in [2.24, 2.45) is 0 Å². The van der Waals surface area contributed by atoms with E-state index in [0.717, 1.165) is 0 Å². The van der Waals surface area contributed by atoms with Crippen molar-refractivity contribution in [1.82, 2.24) is 9.97 Å². The summed E-state index contributed by atoms with van der Waals surface area (Å²) in [5.74, 6) is -0.391. The van der Waals surface area contributed by atoms with Gasteiger partial charge in [-0.05, 0) is 0 Å². The molecule has 0 bridgehead atoms. The van der Waals surface area contributed by atoms with E-state index < -0.39 is 5.78 Å². The van der Waals surface area contributed by atoms with Crippen LogP contribution >= 0.6 is 0 Å². The number of hydrogen-bond donors (Lipinski definition) is 0. The first-order valence-corrected chi connectivity index (χ1v) is 7.25. The number of benzene rings is 1. The molecule has 1 heterocycles. The maximum atomic E-state index is 12.9. The molecule has 9 nitrogen and oxygen atoms in total. The summed E-state index contributed by atoms with van der Waals surface area (Å²) in [5, 5.41) is 19.0. The number of fused-ring (bicyclic) bond motifs is 3. The SMILES string of the molecule is COc1nc2c(nc1OC)-c1c(OC)c(C#N)c(C#N)c(OC)c1C2=O. The maximum Gasteiger partial charge on any atom is 0.278 e. The number of ether oxygens (including phenoxy) is 4. The Morgan fingerprint density at radius 1 is 0.731 bits per heavy atom. The van der Waals surface area contributed by atoms with Crippen molar-refractivity contribution in [1.29, 1.82) is 10.5 Å². The van der Waals surface area contributed by atoms with Crippen LogP contribution in [0.1, 0.15) is 27.2 Å². The van der Waals surface area contributed by atoms with Crippen LogP contribution in [0.3, 0.4) is 0 Å². The summed E-state index contributed by atoms with van der Waals surface area (Å²) in [6.45, 7) is 0. The molecule has 1 aromatic carbocycles. The third kappa shape index (κ3) is 2.04. The second-order valence-electron chi connectivity index (χ2n) is 5.06. The van der Waals surface area contributed by atoms with E-state index in [2.05, 4.69) is 9.97 Å². The molecule has 3 rings (SSSR count). The summed E-state index contributed by atoms with van der Waals surface area (Å²) in [7, 11) is 5.39. The van der Waals surface area contributed by atoms with E-state index in [-0.39, 0.29) is 56.9 Å². The van der Waals surface area contributed by atoms with Crippen LogP contribution in [0.25, 0.3) is 11.3 Å². The first-order chi connectivity index (χ1) is 12.6.